The van der Waals surface area contributed by atoms with E-state index in [0.29, 0.717) is 47.8 Å². The molecule has 0 unspecified atom stereocenters. The normalized spacial score (nSPS) is 21.2. The van der Waals surface area contributed by atoms with Gasteiger partial charge in [0.25, 0.3) is 0 Å². The van der Waals surface area contributed by atoms with E-state index in [-0.39, 0.29) is 30.4 Å². The smallest absolute Gasteiger partial charge is 0.235 e. The van der Waals surface area contributed by atoms with Gasteiger partial charge in [0.15, 0.2) is 12.1 Å². The first-order chi connectivity index (χ1) is 17.4. The number of anilines is 1. The molecule has 8 nitrogen and oxygen atoms in total. The summed E-state index contributed by atoms with van der Waals surface area (Å²) in [5, 5.41) is 17.5. The highest BCUT2D eigenvalue weighted by Crippen LogP contribution is 2.31. The molecule has 3 N–H and O–H groups in total. The minimum atomic E-state index is -1.24. The second-order valence-electron chi connectivity index (χ2n) is 8.94. The summed E-state index contributed by atoms with van der Waals surface area (Å²) in [5.74, 6) is 0.683. The van der Waals surface area contributed by atoms with Gasteiger partial charge in [0.2, 0.25) is 5.91 Å². The van der Waals surface area contributed by atoms with Crippen LogP contribution >= 0.6 is 11.8 Å². The Labute approximate surface area is 211 Å². The zero-order valence-corrected chi connectivity index (χ0v) is 20.5. The second-order valence-corrected chi connectivity index (χ2v) is 9.96. The van der Waals surface area contributed by atoms with E-state index in [1.54, 1.807) is 17.0 Å². The average Bonchev–Trinajstić information content (AvgIpc) is 2.88. The molecule has 1 aromatic carbocycles. The largest absolute Gasteiger partial charge is 0.497 e. The van der Waals surface area contributed by atoms with Crippen LogP contribution in [0.5, 0.6) is 5.75 Å². The molecule has 2 aromatic heterocycles. The SMILES string of the molecule is COc1cc(F)c2nccc([C@@H](O)CN3CC[C@@H](NCc4ccc5c(n4)NC(=O)CS5)C[C@H]3F)c2c1. The maximum atomic E-state index is 15.1. The van der Waals surface area contributed by atoms with E-state index in [0.717, 1.165) is 10.6 Å². The molecule has 11 heteroatoms. The number of alkyl halides is 1. The fraction of sp³-hybridized carbons (Fsp3) is 0.400. The molecule has 2 aliphatic heterocycles. The number of halogens is 2. The molecule has 0 spiro atoms. The summed E-state index contributed by atoms with van der Waals surface area (Å²) in [4.78, 5) is 22.7. The number of amides is 1. The lowest BCUT2D eigenvalue weighted by molar-refractivity contribution is -0.113. The molecule has 0 bridgehead atoms. The van der Waals surface area contributed by atoms with Crippen molar-refractivity contribution in [3.05, 3.63) is 53.6 Å². The number of pyridine rings is 2. The number of hydrogen-bond donors (Lipinski definition) is 3. The fourth-order valence-electron chi connectivity index (χ4n) is 4.64. The number of carbonyl (C=O) groups excluding carboxylic acids is 1. The zero-order chi connectivity index (χ0) is 25.2. The van der Waals surface area contributed by atoms with Crippen LogP contribution in [-0.2, 0) is 11.3 Å². The molecule has 1 amide bonds. The maximum absolute atomic E-state index is 15.1. The third-order valence-corrected chi connectivity index (χ3v) is 7.60. The quantitative estimate of drug-likeness (QED) is 0.412. The van der Waals surface area contributed by atoms with Gasteiger partial charge >= 0.3 is 0 Å². The van der Waals surface area contributed by atoms with E-state index in [4.69, 9.17) is 4.74 Å². The lowest BCUT2D eigenvalue weighted by atomic mass is 10.00. The predicted molar refractivity (Wildman–Crippen MR) is 133 cm³/mol. The van der Waals surface area contributed by atoms with Crippen LogP contribution in [0.15, 0.2) is 41.4 Å². The molecular weight excluding hydrogens is 488 g/mol. The number of hydrogen-bond acceptors (Lipinski definition) is 8. The number of likely N-dealkylation sites (tertiary alicyclic amines) is 1. The average molecular weight is 516 g/mol. The zero-order valence-electron chi connectivity index (χ0n) is 19.7. The van der Waals surface area contributed by atoms with Gasteiger partial charge in [-0.1, -0.05) is 0 Å². The monoisotopic (exact) mass is 515 g/mol. The Morgan fingerprint density at radius 1 is 1.36 bits per heavy atom. The van der Waals surface area contributed by atoms with E-state index in [1.807, 2.05) is 12.1 Å². The number of piperidine rings is 1. The molecule has 3 atom stereocenters. The highest BCUT2D eigenvalue weighted by atomic mass is 32.2. The van der Waals surface area contributed by atoms with Gasteiger partial charge < -0.3 is 20.5 Å². The van der Waals surface area contributed by atoms with Crippen molar-refractivity contribution in [1.29, 1.82) is 0 Å². The number of ether oxygens (including phenoxy) is 1. The summed E-state index contributed by atoms with van der Waals surface area (Å²) in [6.45, 7) is 1.00. The number of benzene rings is 1. The molecule has 4 heterocycles. The molecule has 5 rings (SSSR count). The fourth-order valence-corrected chi connectivity index (χ4v) is 5.40. The topological polar surface area (TPSA) is 99.6 Å². The van der Waals surface area contributed by atoms with Crippen LogP contribution in [0, 0.1) is 5.82 Å². The first kappa shape index (κ1) is 24.8. The Kier molecular flexibility index (Phi) is 7.33. The number of carbonyl (C=O) groups is 1. The van der Waals surface area contributed by atoms with Crippen molar-refractivity contribution in [1.82, 2.24) is 20.2 Å². The van der Waals surface area contributed by atoms with Gasteiger partial charge in [0.05, 0.1) is 29.6 Å². The number of thioether (sulfide) groups is 1. The van der Waals surface area contributed by atoms with Crippen LogP contribution in [0.1, 0.15) is 30.2 Å². The molecule has 1 fully saturated rings. The number of nitrogens with one attached hydrogen (secondary N) is 2. The van der Waals surface area contributed by atoms with Crippen molar-refractivity contribution in [3.8, 4) is 5.75 Å². The van der Waals surface area contributed by atoms with Crippen molar-refractivity contribution in [2.75, 3.05) is 31.3 Å². The number of aromatic nitrogens is 2. The Morgan fingerprint density at radius 2 is 2.22 bits per heavy atom. The van der Waals surface area contributed by atoms with Crippen molar-refractivity contribution >= 4 is 34.4 Å². The molecule has 0 radical (unpaired) electrons. The summed E-state index contributed by atoms with van der Waals surface area (Å²) >= 11 is 1.46. The van der Waals surface area contributed by atoms with Crippen molar-refractivity contribution in [2.45, 2.75) is 42.7 Å². The van der Waals surface area contributed by atoms with E-state index in [1.165, 1.54) is 31.1 Å². The summed E-state index contributed by atoms with van der Waals surface area (Å²) in [7, 11) is 1.44. The number of aliphatic hydroxyl groups excluding tert-OH is 1. The van der Waals surface area contributed by atoms with E-state index < -0.39 is 18.2 Å². The van der Waals surface area contributed by atoms with Crippen molar-refractivity contribution in [3.63, 3.8) is 0 Å². The van der Waals surface area contributed by atoms with E-state index in [2.05, 4.69) is 20.6 Å². The Balaban J connectivity index is 1.19. The minimum Gasteiger partial charge on any atom is -0.497 e. The number of fused-ring (bicyclic) bond motifs is 2. The molecule has 0 saturated carbocycles. The standard InChI is InChI=1S/C25H27F2N5O3S/c1-35-16-9-18-17(4-6-28-24(18)19(26)10-16)20(33)12-32-7-5-14(8-22(32)27)29-11-15-2-3-21-25(30-15)31-23(34)13-36-21/h2-4,6,9-10,14,20,22,29,33H,5,7-8,11-13H2,1H3,(H,30,31,34)/t14-,20+,22+/m1/s1. The summed E-state index contributed by atoms with van der Waals surface area (Å²) in [6, 6.07) is 8.30. The number of aliphatic hydroxyl groups is 1. The maximum Gasteiger partial charge on any atom is 0.235 e. The van der Waals surface area contributed by atoms with Crippen LogP contribution in [-0.4, -0.2) is 64.2 Å². The number of β-amino-alcohol motifs (C(OH)–C–C–N with tert-alkyl or cyclic N) is 1. The first-order valence-electron chi connectivity index (χ1n) is 11.8. The van der Waals surface area contributed by atoms with Crippen LogP contribution < -0.4 is 15.4 Å². The highest BCUT2D eigenvalue weighted by Gasteiger charge is 2.30. The van der Waals surface area contributed by atoms with Gasteiger partial charge in [-0.25, -0.2) is 13.8 Å². The van der Waals surface area contributed by atoms with Gasteiger partial charge in [0, 0.05) is 49.7 Å². The number of nitrogens with zero attached hydrogens (tertiary/aromatic N) is 3. The van der Waals surface area contributed by atoms with E-state index >= 15 is 4.39 Å². The van der Waals surface area contributed by atoms with Gasteiger partial charge in [0.1, 0.15) is 17.1 Å². The van der Waals surface area contributed by atoms with Crippen LogP contribution in [0.4, 0.5) is 14.6 Å². The Bertz CT molecular complexity index is 1280. The van der Waals surface area contributed by atoms with Gasteiger partial charge in [-0.2, -0.15) is 0 Å². The van der Waals surface area contributed by atoms with Crippen molar-refractivity contribution < 1.29 is 23.4 Å². The number of methoxy groups -OCH3 is 1. The van der Waals surface area contributed by atoms with Crippen LogP contribution in [0.2, 0.25) is 0 Å². The van der Waals surface area contributed by atoms with E-state index in [9.17, 15) is 14.3 Å². The number of rotatable bonds is 7. The molecule has 3 aromatic rings. The lowest BCUT2D eigenvalue weighted by Gasteiger charge is -2.36. The first-order valence-corrected chi connectivity index (χ1v) is 12.7. The molecular formula is C25H27F2N5O3S. The summed E-state index contributed by atoms with van der Waals surface area (Å²) < 4.78 is 34.6. The third-order valence-electron chi connectivity index (χ3n) is 6.55. The predicted octanol–water partition coefficient (Wildman–Crippen LogP) is 3.40. The molecule has 1 saturated heterocycles. The minimum absolute atomic E-state index is 0.0460. The molecule has 2 aliphatic rings. The highest BCUT2D eigenvalue weighted by molar-refractivity contribution is 8.00. The third kappa shape index (κ3) is 5.29. The Hall–Kier alpha value is -2.86. The summed E-state index contributed by atoms with van der Waals surface area (Å²) in [5.41, 5.74) is 1.40. The van der Waals surface area contributed by atoms with Crippen LogP contribution in [0.3, 0.4) is 0 Å². The Morgan fingerprint density at radius 3 is 3.03 bits per heavy atom. The molecule has 0 aliphatic carbocycles. The van der Waals surface area contributed by atoms with Gasteiger partial charge in [-0.05, 0) is 36.2 Å². The van der Waals surface area contributed by atoms with Crippen molar-refractivity contribution in [2.24, 2.45) is 0 Å². The molecule has 36 heavy (non-hydrogen) atoms. The second kappa shape index (κ2) is 10.6. The lowest BCUT2D eigenvalue weighted by Crippen LogP contribution is -2.47. The van der Waals surface area contributed by atoms with Gasteiger partial charge in [-0.15, -0.1) is 11.8 Å². The molecule has 190 valence electrons. The van der Waals surface area contributed by atoms with Crippen LogP contribution in [0.25, 0.3) is 10.9 Å². The van der Waals surface area contributed by atoms with Gasteiger partial charge in [-0.3, -0.25) is 14.7 Å². The summed E-state index contributed by atoms with van der Waals surface area (Å²) in [6.07, 6.45) is 0.154.